The van der Waals surface area contributed by atoms with Crippen LogP contribution in [0.2, 0.25) is 0 Å². The van der Waals surface area contributed by atoms with E-state index in [1.807, 2.05) is 0 Å². The lowest BCUT2D eigenvalue weighted by Gasteiger charge is -1.56. The summed E-state index contributed by atoms with van der Waals surface area (Å²) in [6.45, 7) is 8.75. The van der Waals surface area contributed by atoms with Gasteiger partial charge in [0, 0.05) is 0 Å². The molecular formula is C11H24O7. The fourth-order valence-corrected chi connectivity index (χ4v) is 0. The lowest BCUT2D eigenvalue weighted by atomic mass is 10.6. The van der Waals surface area contributed by atoms with E-state index in [9.17, 15) is 9.59 Å². The third-order valence-corrected chi connectivity index (χ3v) is 0. The molecule has 0 unspecified atom stereocenters. The second-order valence-electron chi connectivity index (χ2n) is 2.39. The number of carbonyl (C=O) groups is 5. The predicted octanol–water partition coefficient (Wildman–Crippen LogP) is 0.477. The third-order valence-electron chi connectivity index (χ3n) is 0. The Bertz CT molecular complexity index is 154. The standard InChI is InChI=1S/2C3H6O.2C2H4O.CH2O2.H2O/c2*1-3(2)4;2*1-2-3;2-1-3;/h2*1-2H3;2*2H,1H3;1H,(H,2,3);1H2. The Kier molecular flexibility index (Phi) is 119. The number of hydrogen-bond acceptors (Lipinski definition) is 5. The molecular weight excluding hydrogens is 244 g/mol. The maximum atomic E-state index is 9.44. The minimum atomic E-state index is -0.250. The van der Waals surface area contributed by atoms with Crippen LogP contribution >= 0.6 is 0 Å². The van der Waals surface area contributed by atoms with Crippen molar-refractivity contribution in [2.45, 2.75) is 41.5 Å². The van der Waals surface area contributed by atoms with Crippen molar-refractivity contribution in [2.75, 3.05) is 0 Å². The fraction of sp³-hybridized carbons (Fsp3) is 0.545. The van der Waals surface area contributed by atoms with Crippen molar-refractivity contribution in [2.24, 2.45) is 0 Å². The highest BCUT2D eigenvalue weighted by atomic mass is 16.3. The van der Waals surface area contributed by atoms with Gasteiger partial charge in [-0.15, -0.1) is 0 Å². The van der Waals surface area contributed by atoms with Crippen molar-refractivity contribution < 1.29 is 34.6 Å². The largest absolute Gasteiger partial charge is 0.483 e. The zero-order valence-electron chi connectivity index (χ0n) is 11.7. The molecule has 0 aliphatic carbocycles. The van der Waals surface area contributed by atoms with E-state index in [0.29, 0.717) is 0 Å². The summed E-state index contributed by atoms with van der Waals surface area (Å²) in [5.74, 6) is 0.333. The highest BCUT2D eigenvalue weighted by Crippen LogP contribution is 1.50. The molecule has 0 saturated heterocycles. The molecule has 0 aromatic carbocycles. The first-order chi connectivity index (χ1) is 7.71. The van der Waals surface area contributed by atoms with Crippen molar-refractivity contribution >= 4 is 30.6 Å². The van der Waals surface area contributed by atoms with Crippen LogP contribution in [-0.2, 0) is 24.0 Å². The van der Waals surface area contributed by atoms with Gasteiger partial charge in [-0.25, -0.2) is 0 Å². The number of carboxylic acid groups (broad SMARTS) is 1. The van der Waals surface area contributed by atoms with Crippen LogP contribution in [0.3, 0.4) is 0 Å². The molecule has 0 fully saturated rings. The van der Waals surface area contributed by atoms with Gasteiger partial charge in [-0.3, -0.25) is 4.79 Å². The van der Waals surface area contributed by atoms with Gasteiger partial charge in [0.1, 0.15) is 24.1 Å². The van der Waals surface area contributed by atoms with Crippen LogP contribution in [0.15, 0.2) is 0 Å². The van der Waals surface area contributed by atoms with E-state index in [1.54, 1.807) is 0 Å². The molecule has 7 nitrogen and oxygen atoms in total. The molecule has 0 aromatic heterocycles. The SMILES string of the molecule is CC(C)=O.CC(C)=O.CC=O.CC=O.O.O=CO. The number of hydrogen-bond donors (Lipinski definition) is 1. The predicted molar refractivity (Wildman–Crippen MR) is 68.5 cm³/mol. The van der Waals surface area contributed by atoms with Gasteiger partial charge in [0.05, 0.1) is 0 Å². The van der Waals surface area contributed by atoms with Gasteiger partial charge in [0.25, 0.3) is 6.47 Å². The van der Waals surface area contributed by atoms with Gasteiger partial charge in [-0.2, -0.15) is 0 Å². The van der Waals surface area contributed by atoms with Crippen molar-refractivity contribution in [3.05, 3.63) is 0 Å². The zero-order valence-corrected chi connectivity index (χ0v) is 11.7. The minimum Gasteiger partial charge on any atom is -0.483 e. The van der Waals surface area contributed by atoms with Crippen molar-refractivity contribution in [1.82, 2.24) is 0 Å². The van der Waals surface area contributed by atoms with E-state index in [1.165, 1.54) is 41.5 Å². The maximum absolute atomic E-state index is 9.44. The highest BCUT2D eigenvalue weighted by Gasteiger charge is 1.62. The van der Waals surface area contributed by atoms with E-state index in [0.717, 1.165) is 12.6 Å². The fourth-order valence-electron chi connectivity index (χ4n) is 0. The van der Waals surface area contributed by atoms with Gasteiger partial charge < -0.3 is 29.8 Å². The van der Waals surface area contributed by atoms with E-state index >= 15 is 0 Å². The number of Topliss-reactive ketones (excluding diaryl/α,β-unsaturated/α-hetero) is 2. The van der Waals surface area contributed by atoms with Crippen LogP contribution in [0.4, 0.5) is 0 Å². The second kappa shape index (κ2) is 59.5. The first-order valence-electron chi connectivity index (χ1n) is 4.53. The molecule has 0 atom stereocenters. The summed E-state index contributed by atoms with van der Waals surface area (Å²) in [6.07, 6.45) is 1.50. The number of carbonyl (C=O) groups excluding carboxylic acids is 4. The molecule has 0 spiro atoms. The summed E-state index contributed by atoms with van der Waals surface area (Å²) in [6, 6.07) is 0. The van der Waals surface area contributed by atoms with Crippen LogP contribution in [0.1, 0.15) is 41.5 Å². The Labute approximate surface area is 107 Å². The third kappa shape index (κ3) is 679. The molecule has 7 heteroatoms. The van der Waals surface area contributed by atoms with Crippen LogP contribution in [-0.4, -0.2) is 41.2 Å². The van der Waals surface area contributed by atoms with Crippen LogP contribution in [0, 0.1) is 0 Å². The molecule has 3 N–H and O–H groups in total. The molecule has 0 bridgehead atoms. The second-order valence-corrected chi connectivity index (χ2v) is 2.39. The molecule has 18 heavy (non-hydrogen) atoms. The van der Waals surface area contributed by atoms with E-state index in [4.69, 9.17) is 19.5 Å². The van der Waals surface area contributed by atoms with E-state index < -0.39 is 0 Å². The Hall–Kier alpha value is -1.89. The monoisotopic (exact) mass is 268 g/mol. The van der Waals surface area contributed by atoms with Crippen molar-refractivity contribution in [3.63, 3.8) is 0 Å². The summed E-state index contributed by atoms with van der Waals surface area (Å²) >= 11 is 0. The topological polar surface area (TPSA) is 137 Å². The smallest absolute Gasteiger partial charge is 0.290 e. The number of aldehydes is 2. The molecule has 0 heterocycles. The van der Waals surface area contributed by atoms with Gasteiger partial charge >= 0.3 is 0 Å². The molecule has 0 aromatic rings. The molecule has 0 aliphatic rings. The molecule has 0 radical (unpaired) electrons. The summed E-state index contributed by atoms with van der Waals surface area (Å²) in [4.78, 5) is 44.9. The Morgan fingerprint density at radius 3 is 0.778 bits per heavy atom. The average Bonchev–Trinajstić information content (AvgIpc) is 2.03. The van der Waals surface area contributed by atoms with Gasteiger partial charge in [-0.1, -0.05) is 0 Å². The maximum Gasteiger partial charge on any atom is 0.290 e. The minimum absolute atomic E-state index is 0. The number of rotatable bonds is 0. The molecule has 0 saturated carbocycles. The Balaban J connectivity index is -0.0000000249. The van der Waals surface area contributed by atoms with Gasteiger partial charge in [0.15, 0.2) is 0 Å². The van der Waals surface area contributed by atoms with E-state index in [2.05, 4.69) is 0 Å². The summed E-state index contributed by atoms with van der Waals surface area (Å²) in [5.41, 5.74) is 0. The summed E-state index contributed by atoms with van der Waals surface area (Å²) < 4.78 is 0. The normalized spacial score (nSPS) is 5.00. The van der Waals surface area contributed by atoms with Crippen molar-refractivity contribution in [3.8, 4) is 0 Å². The first-order valence-corrected chi connectivity index (χ1v) is 4.53. The Morgan fingerprint density at radius 1 is 0.778 bits per heavy atom. The van der Waals surface area contributed by atoms with Gasteiger partial charge in [0.2, 0.25) is 0 Å². The van der Waals surface area contributed by atoms with Crippen molar-refractivity contribution in [1.29, 1.82) is 0 Å². The average molecular weight is 268 g/mol. The lowest BCUT2D eigenvalue weighted by Crippen LogP contribution is -1.69. The quantitative estimate of drug-likeness (QED) is 0.634. The van der Waals surface area contributed by atoms with E-state index in [-0.39, 0.29) is 23.5 Å². The summed E-state index contributed by atoms with van der Waals surface area (Å²) in [5, 5.41) is 6.89. The van der Waals surface area contributed by atoms with Crippen LogP contribution in [0.25, 0.3) is 0 Å². The zero-order chi connectivity index (χ0) is 15.3. The lowest BCUT2D eigenvalue weighted by molar-refractivity contribution is -0.123. The van der Waals surface area contributed by atoms with Crippen LogP contribution < -0.4 is 0 Å². The summed E-state index contributed by atoms with van der Waals surface area (Å²) in [7, 11) is 0. The molecule has 0 aliphatic heterocycles. The molecule has 110 valence electrons. The highest BCUT2D eigenvalue weighted by molar-refractivity contribution is 5.72. The molecule has 0 amide bonds. The first kappa shape index (κ1) is 36.0. The van der Waals surface area contributed by atoms with Gasteiger partial charge in [-0.05, 0) is 41.5 Å². The molecule has 0 rings (SSSR count). The number of ketones is 2. The van der Waals surface area contributed by atoms with Crippen LogP contribution in [0.5, 0.6) is 0 Å². The Morgan fingerprint density at radius 2 is 0.778 bits per heavy atom.